The van der Waals surface area contributed by atoms with Gasteiger partial charge in [-0.15, -0.1) is 6.58 Å². The second-order valence-electron chi connectivity index (χ2n) is 7.81. The minimum absolute atomic E-state index is 0.0662. The van der Waals surface area contributed by atoms with Crippen LogP contribution in [0.2, 0.25) is 0 Å². The Morgan fingerprint density at radius 1 is 0.970 bits per heavy atom. The van der Waals surface area contributed by atoms with E-state index in [1.807, 2.05) is 48.5 Å². The second-order valence-corrected chi connectivity index (χ2v) is 7.81. The molecule has 6 nitrogen and oxygen atoms in total. The highest BCUT2D eigenvalue weighted by molar-refractivity contribution is 5.83. The topological polar surface area (TPSA) is 104 Å². The Morgan fingerprint density at radius 3 is 2.21 bits per heavy atom. The third-order valence-corrected chi connectivity index (χ3v) is 5.65. The van der Waals surface area contributed by atoms with E-state index in [9.17, 15) is 25.4 Å². The monoisotopic (exact) mass is 445 g/mol. The lowest BCUT2D eigenvalue weighted by atomic mass is 9.87. The third kappa shape index (κ3) is 6.16. The van der Waals surface area contributed by atoms with Crippen molar-refractivity contribution in [2.75, 3.05) is 0 Å². The van der Waals surface area contributed by atoms with E-state index < -0.39 is 23.0 Å². The maximum Gasteiger partial charge on any atom is 0.269 e. The molecule has 6 heteroatoms. The zero-order valence-corrected chi connectivity index (χ0v) is 18.1. The van der Waals surface area contributed by atoms with Gasteiger partial charge in [-0.05, 0) is 53.8 Å². The van der Waals surface area contributed by atoms with Gasteiger partial charge in [0.25, 0.3) is 5.69 Å². The van der Waals surface area contributed by atoms with Crippen molar-refractivity contribution in [3.8, 4) is 5.75 Å². The fourth-order valence-electron chi connectivity index (χ4n) is 3.76. The molecule has 0 aliphatic rings. The Kier molecular flexibility index (Phi) is 8.13. The smallest absolute Gasteiger partial charge is 0.269 e. The first-order chi connectivity index (χ1) is 15.9. The van der Waals surface area contributed by atoms with Crippen molar-refractivity contribution in [1.82, 2.24) is 0 Å². The molecule has 170 valence electrons. The largest absolute Gasteiger partial charge is 0.507 e. The van der Waals surface area contributed by atoms with E-state index in [4.69, 9.17) is 0 Å². The molecule has 0 aliphatic heterocycles. The maximum absolute atomic E-state index is 10.9. The molecule has 0 fully saturated rings. The van der Waals surface area contributed by atoms with Gasteiger partial charge < -0.3 is 15.3 Å². The molecule has 0 saturated heterocycles. The van der Waals surface area contributed by atoms with Gasteiger partial charge in [0.2, 0.25) is 0 Å². The molecular formula is C27H27NO5. The summed E-state index contributed by atoms with van der Waals surface area (Å²) in [5.41, 5.74) is 2.99. The second kappa shape index (κ2) is 11.2. The summed E-state index contributed by atoms with van der Waals surface area (Å²) in [6.45, 7) is 3.76. The first-order valence-corrected chi connectivity index (χ1v) is 10.7. The SMILES string of the molecule is C=C[C@H]([C@H](O)CC/C(=C/c1ccccc1O)c1ccccc1)[C@H](O)c1ccc([N+](=O)[O-])cc1. The first kappa shape index (κ1) is 23.9. The molecule has 3 aromatic carbocycles. The number of aliphatic hydroxyl groups is 2. The number of rotatable bonds is 10. The van der Waals surface area contributed by atoms with Gasteiger partial charge in [-0.2, -0.15) is 0 Å². The number of aliphatic hydroxyl groups excluding tert-OH is 2. The summed E-state index contributed by atoms with van der Waals surface area (Å²) in [5, 5.41) is 42.7. The molecule has 3 N–H and O–H groups in total. The summed E-state index contributed by atoms with van der Waals surface area (Å²) in [5.74, 6) is -0.488. The van der Waals surface area contributed by atoms with Crippen molar-refractivity contribution in [2.45, 2.75) is 25.0 Å². The van der Waals surface area contributed by atoms with Crippen molar-refractivity contribution in [3.05, 3.63) is 118 Å². The Morgan fingerprint density at radius 2 is 1.61 bits per heavy atom. The van der Waals surface area contributed by atoms with Crippen LogP contribution in [0, 0.1) is 16.0 Å². The number of allylic oxidation sites excluding steroid dienone is 1. The molecule has 0 aliphatic carbocycles. The maximum atomic E-state index is 10.9. The summed E-state index contributed by atoms with van der Waals surface area (Å²) >= 11 is 0. The molecule has 0 spiro atoms. The van der Waals surface area contributed by atoms with Crippen molar-refractivity contribution >= 4 is 17.3 Å². The van der Waals surface area contributed by atoms with Crippen LogP contribution >= 0.6 is 0 Å². The van der Waals surface area contributed by atoms with E-state index in [0.717, 1.165) is 11.1 Å². The first-order valence-electron chi connectivity index (χ1n) is 10.7. The number of benzene rings is 3. The van der Waals surface area contributed by atoms with Gasteiger partial charge in [0, 0.05) is 23.6 Å². The van der Waals surface area contributed by atoms with Crippen LogP contribution in [0.1, 0.15) is 35.6 Å². The van der Waals surface area contributed by atoms with Crippen LogP contribution in [0.3, 0.4) is 0 Å². The van der Waals surface area contributed by atoms with E-state index in [1.165, 1.54) is 30.3 Å². The highest BCUT2D eigenvalue weighted by Gasteiger charge is 2.26. The predicted octanol–water partition coefficient (Wildman–Crippen LogP) is 5.52. The number of non-ortho nitro benzene ring substituents is 1. The normalized spacial score (nSPS) is 14.3. The Balaban J connectivity index is 1.78. The van der Waals surface area contributed by atoms with Crippen LogP contribution < -0.4 is 0 Å². The van der Waals surface area contributed by atoms with Crippen LogP contribution in [0.25, 0.3) is 11.6 Å². The molecular weight excluding hydrogens is 418 g/mol. The number of nitro benzene ring substituents is 1. The summed E-state index contributed by atoms with van der Waals surface area (Å²) < 4.78 is 0. The molecule has 3 rings (SSSR count). The lowest BCUT2D eigenvalue weighted by Gasteiger charge is -2.25. The summed E-state index contributed by atoms with van der Waals surface area (Å²) in [6, 6.07) is 22.4. The fourth-order valence-corrected chi connectivity index (χ4v) is 3.76. The van der Waals surface area contributed by atoms with Gasteiger partial charge in [0.15, 0.2) is 0 Å². The van der Waals surface area contributed by atoms with E-state index >= 15 is 0 Å². The minimum atomic E-state index is -1.05. The number of aromatic hydroxyl groups is 1. The number of nitro groups is 1. The van der Waals surface area contributed by atoms with Crippen LogP contribution in [0.4, 0.5) is 5.69 Å². The minimum Gasteiger partial charge on any atom is -0.507 e. The van der Waals surface area contributed by atoms with Gasteiger partial charge in [0.1, 0.15) is 5.75 Å². The molecule has 0 amide bonds. The summed E-state index contributed by atoms with van der Waals surface area (Å²) in [4.78, 5) is 10.4. The van der Waals surface area contributed by atoms with E-state index in [1.54, 1.807) is 12.1 Å². The average Bonchev–Trinajstić information content (AvgIpc) is 2.83. The highest BCUT2D eigenvalue weighted by Crippen LogP contribution is 2.32. The zero-order valence-electron chi connectivity index (χ0n) is 18.1. The van der Waals surface area contributed by atoms with Gasteiger partial charge in [-0.3, -0.25) is 10.1 Å². The van der Waals surface area contributed by atoms with Crippen LogP contribution in [-0.2, 0) is 0 Å². The molecule has 3 aromatic rings. The fraction of sp³-hybridized carbons (Fsp3) is 0.185. The van der Waals surface area contributed by atoms with E-state index in [-0.39, 0.29) is 11.4 Å². The van der Waals surface area contributed by atoms with Crippen LogP contribution in [-0.4, -0.2) is 26.3 Å². The Hall–Kier alpha value is -3.74. The Labute approximate surface area is 192 Å². The Bertz CT molecular complexity index is 1110. The van der Waals surface area contributed by atoms with E-state index in [0.29, 0.717) is 24.0 Å². The van der Waals surface area contributed by atoms with Gasteiger partial charge in [-0.1, -0.05) is 54.6 Å². The molecule has 3 atom stereocenters. The summed E-state index contributed by atoms with van der Waals surface area (Å²) in [6.07, 6.45) is 2.29. The number of hydrogen-bond acceptors (Lipinski definition) is 5. The molecule has 0 radical (unpaired) electrons. The van der Waals surface area contributed by atoms with Gasteiger partial charge >= 0.3 is 0 Å². The number of phenols is 1. The van der Waals surface area contributed by atoms with Crippen LogP contribution in [0.5, 0.6) is 5.75 Å². The van der Waals surface area contributed by atoms with Crippen molar-refractivity contribution in [3.63, 3.8) is 0 Å². The summed E-state index contributed by atoms with van der Waals surface area (Å²) in [7, 11) is 0. The molecule has 0 unspecified atom stereocenters. The number of hydrogen-bond donors (Lipinski definition) is 3. The average molecular weight is 446 g/mol. The number of para-hydroxylation sites is 1. The molecule has 33 heavy (non-hydrogen) atoms. The quantitative estimate of drug-likeness (QED) is 0.165. The standard InChI is InChI=1S/C27H27NO5/c1-2-24(27(31)20-12-15-23(16-13-20)28(32)33)26(30)17-14-21(19-8-4-3-5-9-19)18-22-10-6-7-11-25(22)29/h2-13,15-16,18,24,26-27,29-31H,1,14,17H2/b21-18-/t24-,26-,27-/m1/s1. The van der Waals surface area contributed by atoms with Crippen molar-refractivity contribution in [2.24, 2.45) is 5.92 Å². The molecule has 0 bridgehead atoms. The lowest BCUT2D eigenvalue weighted by molar-refractivity contribution is -0.384. The van der Waals surface area contributed by atoms with Gasteiger partial charge in [0.05, 0.1) is 17.1 Å². The molecule has 0 aromatic heterocycles. The highest BCUT2D eigenvalue weighted by atomic mass is 16.6. The molecule has 0 saturated carbocycles. The van der Waals surface area contributed by atoms with Gasteiger partial charge in [-0.25, -0.2) is 0 Å². The lowest BCUT2D eigenvalue weighted by Crippen LogP contribution is -2.25. The van der Waals surface area contributed by atoms with Crippen molar-refractivity contribution < 1.29 is 20.2 Å². The third-order valence-electron chi connectivity index (χ3n) is 5.65. The van der Waals surface area contributed by atoms with E-state index in [2.05, 4.69) is 6.58 Å². The van der Waals surface area contributed by atoms with Crippen molar-refractivity contribution in [1.29, 1.82) is 0 Å². The zero-order chi connectivity index (χ0) is 23.8. The van der Waals surface area contributed by atoms with Crippen LogP contribution in [0.15, 0.2) is 91.5 Å². The number of phenolic OH excluding ortho intramolecular Hbond substituents is 1. The predicted molar refractivity (Wildman–Crippen MR) is 129 cm³/mol. The molecule has 0 heterocycles. The number of nitrogens with zero attached hydrogens (tertiary/aromatic N) is 1.